The molecule has 110 valence electrons. The van der Waals surface area contributed by atoms with Gasteiger partial charge >= 0.3 is 5.97 Å². The zero-order valence-corrected chi connectivity index (χ0v) is 12.2. The lowest BCUT2D eigenvalue weighted by molar-refractivity contribution is -0.384. The number of nitrogens with zero attached hydrogens (tertiary/aromatic N) is 1. The van der Waals surface area contributed by atoms with E-state index in [1.807, 2.05) is 0 Å². The number of hydrogen-bond acceptors (Lipinski definition) is 5. The number of nitro benzene ring substituents is 1. The number of nitrogens with two attached hydrogens (primary N) is 1. The van der Waals surface area contributed by atoms with Crippen LogP contribution in [0.15, 0.2) is 24.3 Å². The van der Waals surface area contributed by atoms with Gasteiger partial charge in [0, 0.05) is 16.9 Å². The minimum atomic E-state index is -1.02. The lowest BCUT2D eigenvalue weighted by atomic mass is 10.1. The van der Waals surface area contributed by atoms with Crippen molar-refractivity contribution >= 4 is 23.4 Å². The van der Waals surface area contributed by atoms with Crippen molar-refractivity contribution in [1.29, 1.82) is 0 Å². The van der Waals surface area contributed by atoms with Crippen LogP contribution < -0.4 is 5.73 Å². The summed E-state index contributed by atoms with van der Waals surface area (Å²) in [5.74, 6) is -0.316. The maximum Gasteiger partial charge on any atom is 0.321 e. The summed E-state index contributed by atoms with van der Waals surface area (Å²) in [7, 11) is 0. The molecule has 0 amide bonds. The predicted molar refractivity (Wildman–Crippen MR) is 78.9 cm³/mol. The van der Waals surface area contributed by atoms with Gasteiger partial charge in [-0.15, -0.1) is 0 Å². The maximum atomic E-state index is 10.9. The van der Waals surface area contributed by atoms with Gasteiger partial charge in [0.2, 0.25) is 0 Å². The highest BCUT2D eigenvalue weighted by atomic mass is 32.2. The van der Waals surface area contributed by atoms with E-state index in [0.717, 1.165) is 5.56 Å². The van der Waals surface area contributed by atoms with Crippen LogP contribution in [-0.4, -0.2) is 32.5 Å². The van der Waals surface area contributed by atoms with Gasteiger partial charge in [0.25, 0.3) is 5.69 Å². The van der Waals surface area contributed by atoms with Crippen molar-refractivity contribution in [2.24, 2.45) is 5.73 Å². The molecular weight excluding hydrogens is 280 g/mol. The van der Waals surface area contributed by atoms with Crippen LogP contribution in [0.1, 0.15) is 19.4 Å². The van der Waals surface area contributed by atoms with E-state index < -0.39 is 21.7 Å². The van der Waals surface area contributed by atoms with Gasteiger partial charge in [-0.2, -0.15) is 11.8 Å². The Kier molecular flexibility index (Phi) is 5.52. The fourth-order valence-electron chi connectivity index (χ4n) is 1.60. The van der Waals surface area contributed by atoms with Crippen molar-refractivity contribution in [2.75, 3.05) is 5.75 Å². The average Bonchev–Trinajstić information content (AvgIpc) is 2.38. The Morgan fingerprint density at radius 2 is 2.00 bits per heavy atom. The van der Waals surface area contributed by atoms with Crippen molar-refractivity contribution in [1.82, 2.24) is 0 Å². The van der Waals surface area contributed by atoms with Crippen LogP contribution in [0.25, 0.3) is 0 Å². The van der Waals surface area contributed by atoms with Crippen molar-refractivity contribution in [2.45, 2.75) is 31.1 Å². The summed E-state index contributed by atoms with van der Waals surface area (Å²) in [5.41, 5.74) is 6.67. The summed E-state index contributed by atoms with van der Waals surface area (Å²) in [6, 6.07) is 5.43. The number of benzene rings is 1. The number of aliphatic carboxylic acids is 1. The number of carbonyl (C=O) groups is 1. The van der Waals surface area contributed by atoms with E-state index in [1.54, 1.807) is 26.0 Å². The lowest BCUT2D eigenvalue weighted by Crippen LogP contribution is -2.46. The number of nitro groups is 1. The van der Waals surface area contributed by atoms with E-state index in [2.05, 4.69) is 0 Å². The van der Waals surface area contributed by atoms with Crippen LogP contribution in [0.4, 0.5) is 5.69 Å². The van der Waals surface area contributed by atoms with Crippen LogP contribution in [0.3, 0.4) is 0 Å². The first-order valence-corrected chi connectivity index (χ1v) is 7.08. The average molecular weight is 298 g/mol. The minimum absolute atomic E-state index is 0.0645. The molecule has 1 atom stereocenters. The fourth-order valence-corrected chi connectivity index (χ4v) is 2.75. The number of thioether (sulfide) groups is 1. The summed E-state index contributed by atoms with van der Waals surface area (Å²) in [6.45, 7) is 3.60. The molecule has 0 saturated carbocycles. The first kappa shape index (κ1) is 16.5. The molecule has 0 saturated heterocycles. The van der Waals surface area contributed by atoms with E-state index in [1.165, 1.54) is 23.9 Å². The molecule has 0 unspecified atom stereocenters. The summed E-state index contributed by atoms with van der Waals surface area (Å²) >= 11 is 1.48. The van der Waals surface area contributed by atoms with Crippen molar-refractivity contribution in [3.63, 3.8) is 0 Å². The van der Waals surface area contributed by atoms with Crippen LogP contribution in [0, 0.1) is 10.1 Å². The molecule has 6 nitrogen and oxygen atoms in total. The molecule has 0 aliphatic rings. The van der Waals surface area contributed by atoms with E-state index in [0.29, 0.717) is 12.2 Å². The normalized spacial score (nSPS) is 12.9. The zero-order valence-electron chi connectivity index (χ0n) is 11.4. The van der Waals surface area contributed by atoms with Gasteiger partial charge in [0.1, 0.15) is 6.04 Å². The van der Waals surface area contributed by atoms with E-state index in [9.17, 15) is 14.9 Å². The summed E-state index contributed by atoms with van der Waals surface area (Å²) in [4.78, 5) is 21.0. The van der Waals surface area contributed by atoms with Crippen LogP contribution in [0.5, 0.6) is 0 Å². The van der Waals surface area contributed by atoms with Crippen LogP contribution >= 0.6 is 11.8 Å². The molecule has 1 rings (SSSR count). The molecule has 1 aromatic carbocycles. The second-order valence-electron chi connectivity index (χ2n) is 4.94. The largest absolute Gasteiger partial charge is 0.480 e. The zero-order chi connectivity index (χ0) is 15.3. The topological polar surface area (TPSA) is 106 Å². The highest BCUT2D eigenvalue weighted by molar-refractivity contribution is 8.00. The third-order valence-electron chi connectivity index (χ3n) is 3.03. The summed E-state index contributed by atoms with van der Waals surface area (Å²) in [5, 5.41) is 19.4. The molecule has 0 aromatic heterocycles. The number of rotatable bonds is 7. The monoisotopic (exact) mass is 298 g/mol. The Hall–Kier alpha value is -1.60. The van der Waals surface area contributed by atoms with E-state index >= 15 is 0 Å². The van der Waals surface area contributed by atoms with Gasteiger partial charge in [-0.3, -0.25) is 14.9 Å². The maximum absolute atomic E-state index is 10.9. The molecule has 0 aliphatic carbocycles. The fraction of sp³-hybridized carbons (Fsp3) is 0.462. The van der Waals surface area contributed by atoms with Crippen molar-refractivity contribution in [3.05, 3.63) is 39.9 Å². The third-order valence-corrected chi connectivity index (χ3v) is 4.43. The van der Waals surface area contributed by atoms with Gasteiger partial charge in [0.15, 0.2) is 0 Å². The second kappa shape index (κ2) is 6.71. The molecular formula is C13H18N2O4S. The summed E-state index contributed by atoms with van der Waals surface area (Å²) < 4.78 is -0.563. The van der Waals surface area contributed by atoms with Gasteiger partial charge < -0.3 is 10.8 Å². The Bertz CT molecular complexity index is 488. The SMILES string of the molecule is CC(C)(SCCc1ccc([N+](=O)[O-])cc1)[C@@H](N)C(=O)O. The molecule has 0 fully saturated rings. The highest BCUT2D eigenvalue weighted by Gasteiger charge is 2.32. The van der Waals surface area contributed by atoms with E-state index in [4.69, 9.17) is 10.8 Å². The first-order chi connectivity index (χ1) is 9.24. The number of non-ortho nitro benzene ring substituents is 1. The van der Waals surface area contributed by atoms with Crippen molar-refractivity contribution < 1.29 is 14.8 Å². The number of carboxylic acids is 1. The number of carboxylic acid groups (broad SMARTS) is 1. The second-order valence-corrected chi connectivity index (χ2v) is 6.69. The van der Waals surface area contributed by atoms with Gasteiger partial charge in [-0.1, -0.05) is 12.1 Å². The summed E-state index contributed by atoms with van der Waals surface area (Å²) in [6.07, 6.45) is 0.707. The molecule has 7 heteroatoms. The first-order valence-electron chi connectivity index (χ1n) is 6.09. The molecule has 0 spiro atoms. The molecule has 0 aliphatic heterocycles. The Morgan fingerprint density at radius 1 is 1.45 bits per heavy atom. The van der Waals surface area contributed by atoms with Gasteiger partial charge in [-0.25, -0.2) is 0 Å². The standard InChI is InChI=1S/C13H18N2O4S/c1-13(2,11(14)12(16)17)20-8-7-9-3-5-10(6-4-9)15(18)19/h3-6,11H,7-8,14H2,1-2H3,(H,16,17)/t11-/m0/s1. The smallest absolute Gasteiger partial charge is 0.321 e. The third kappa shape index (κ3) is 4.50. The number of aryl methyl sites for hydroxylation is 1. The molecule has 0 bridgehead atoms. The van der Waals surface area contributed by atoms with Crippen LogP contribution in [-0.2, 0) is 11.2 Å². The van der Waals surface area contributed by atoms with Crippen molar-refractivity contribution in [3.8, 4) is 0 Å². The Morgan fingerprint density at radius 3 is 2.45 bits per heavy atom. The predicted octanol–water partition coefficient (Wildman–Crippen LogP) is 2.06. The molecule has 1 aromatic rings. The quantitative estimate of drug-likeness (QED) is 0.589. The lowest BCUT2D eigenvalue weighted by Gasteiger charge is -2.27. The molecule has 3 N–H and O–H groups in total. The van der Waals surface area contributed by atoms with Gasteiger partial charge in [0.05, 0.1) is 4.92 Å². The highest BCUT2D eigenvalue weighted by Crippen LogP contribution is 2.28. The van der Waals surface area contributed by atoms with E-state index in [-0.39, 0.29) is 5.69 Å². The Balaban J connectivity index is 2.52. The molecule has 0 radical (unpaired) electrons. The van der Waals surface area contributed by atoms with Gasteiger partial charge in [-0.05, 0) is 31.6 Å². The molecule has 0 heterocycles. The number of hydrogen-bond donors (Lipinski definition) is 2. The van der Waals surface area contributed by atoms with Crippen LogP contribution in [0.2, 0.25) is 0 Å². The Labute approximate surface area is 121 Å². The minimum Gasteiger partial charge on any atom is -0.480 e. The molecule has 20 heavy (non-hydrogen) atoms.